The quantitative estimate of drug-likeness (QED) is 0.0523. The minimum Gasteiger partial charge on any atom is -0.493 e. The number of rotatable bonds is 24. The fourth-order valence-electron chi connectivity index (χ4n) is 5.05. The Bertz CT molecular complexity index is 1150. The molecule has 0 radical (unpaired) electrons. The summed E-state index contributed by atoms with van der Waals surface area (Å²) >= 11 is 12.8. The number of ketones is 1. The summed E-state index contributed by atoms with van der Waals surface area (Å²) in [6.07, 6.45) is 17.8. The molecular weight excluding hydrogens is 609 g/mol. The largest absolute Gasteiger partial charge is 0.493 e. The molecule has 2 aromatic carbocycles. The summed E-state index contributed by atoms with van der Waals surface area (Å²) in [6.45, 7) is 10.3. The fraction of sp³-hybridized carbons (Fsp3) is 0.622. The van der Waals surface area contributed by atoms with Crippen LogP contribution < -0.4 is 19.5 Å². The Morgan fingerprint density at radius 3 is 1.73 bits per heavy atom. The van der Waals surface area contributed by atoms with Crippen LogP contribution >= 0.6 is 23.2 Å². The number of ether oxygens (including phenoxy) is 3. The zero-order valence-corrected chi connectivity index (χ0v) is 29.6. The summed E-state index contributed by atoms with van der Waals surface area (Å²) in [5.74, 6) is 0.0817. The van der Waals surface area contributed by atoms with Gasteiger partial charge in [0, 0.05) is 12.1 Å². The maximum absolute atomic E-state index is 13.3. The number of benzene rings is 2. The smallest absolute Gasteiger partial charge is 0.250 e. The maximum atomic E-state index is 13.3. The van der Waals surface area contributed by atoms with Gasteiger partial charge in [0.1, 0.15) is 5.75 Å². The number of unbranched alkanes of at least 4 members (excludes halogenated alkanes) is 13. The predicted octanol–water partition coefficient (Wildman–Crippen LogP) is 11.2. The van der Waals surface area contributed by atoms with Gasteiger partial charge in [-0.1, -0.05) is 114 Å². The van der Waals surface area contributed by atoms with Gasteiger partial charge < -0.3 is 19.5 Å². The number of halogens is 2. The van der Waals surface area contributed by atoms with Crippen LogP contribution in [0.5, 0.6) is 17.2 Å². The van der Waals surface area contributed by atoms with Gasteiger partial charge in [0.05, 0.1) is 35.1 Å². The number of nitrogens with one attached hydrogen (secondary N) is 1. The molecule has 0 heterocycles. The van der Waals surface area contributed by atoms with Gasteiger partial charge in [-0.2, -0.15) is 0 Å². The lowest BCUT2D eigenvalue weighted by Gasteiger charge is -2.19. The molecule has 0 aliphatic carbocycles. The number of hydrogen-bond donors (Lipinski definition) is 1. The second-order valence-corrected chi connectivity index (χ2v) is 13.1. The first-order chi connectivity index (χ1) is 21.6. The predicted molar refractivity (Wildman–Crippen MR) is 188 cm³/mol. The van der Waals surface area contributed by atoms with Crippen LogP contribution in [-0.2, 0) is 4.79 Å². The minimum atomic E-state index is -1.48. The highest BCUT2D eigenvalue weighted by Gasteiger charge is 2.28. The Morgan fingerprint density at radius 1 is 0.711 bits per heavy atom. The Balaban J connectivity index is 1.80. The normalized spacial score (nSPS) is 11.9. The molecule has 0 spiro atoms. The number of anilines is 1. The van der Waals surface area contributed by atoms with E-state index in [-0.39, 0.29) is 28.5 Å². The van der Waals surface area contributed by atoms with Gasteiger partial charge in [0.2, 0.25) is 0 Å². The number of carbonyl (C=O) groups excluding carboxylic acids is 2. The van der Waals surface area contributed by atoms with Crippen molar-refractivity contribution in [2.75, 3.05) is 11.9 Å². The third-order valence-electron chi connectivity index (χ3n) is 7.38. The van der Waals surface area contributed by atoms with E-state index in [1.807, 2.05) is 27.7 Å². The lowest BCUT2D eigenvalue weighted by atomic mass is 10.0. The van der Waals surface area contributed by atoms with E-state index in [9.17, 15) is 9.59 Å². The van der Waals surface area contributed by atoms with Gasteiger partial charge in [-0.05, 0) is 46.2 Å². The Kier molecular flexibility index (Phi) is 19.1. The molecule has 2 aromatic rings. The lowest BCUT2D eigenvalue weighted by molar-refractivity contribution is -0.115. The summed E-state index contributed by atoms with van der Waals surface area (Å²) in [4.78, 5) is 26.3. The van der Waals surface area contributed by atoms with E-state index >= 15 is 0 Å². The molecule has 0 saturated carbocycles. The average Bonchev–Trinajstić information content (AvgIpc) is 3.00. The number of amides is 1. The van der Waals surface area contributed by atoms with Crippen LogP contribution in [-0.4, -0.2) is 35.9 Å². The van der Waals surface area contributed by atoms with Crippen molar-refractivity contribution < 1.29 is 23.8 Å². The molecule has 0 aliphatic rings. The summed E-state index contributed by atoms with van der Waals surface area (Å²) < 4.78 is 17.7. The van der Waals surface area contributed by atoms with Crippen LogP contribution in [0.1, 0.15) is 135 Å². The maximum Gasteiger partial charge on any atom is 0.250 e. The SMILES string of the molecule is CCCCCCCCCCCCCCCCOc1ccccc1C(=O)C(Cl)C(=O)Nc1cc(OC(C)C)c(OC(C)C)cc1Cl. The molecule has 1 unspecified atom stereocenters. The van der Waals surface area contributed by atoms with E-state index in [1.54, 1.807) is 36.4 Å². The number of para-hydroxylation sites is 1. The topological polar surface area (TPSA) is 73.9 Å². The first-order valence-corrected chi connectivity index (χ1v) is 17.8. The summed E-state index contributed by atoms with van der Waals surface area (Å²) in [5, 5.41) is 1.43. The molecular formula is C37H55Cl2NO5. The van der Waals surface area contributed by atoms with Crippen molar-refractivity contribution >= 4 is 40.6 Å². The zero-order valence-electron chi connectivity index (χ0n) is 28.1. The van der Waals surface area contributed by atoms with Crippen molar-refractivity contribution in [3.05, 3.63) is 47.0 Å². The highest BCUT2D eigenvalue weighted by atomic mass is 35.5. The molecule has 0 aromatic heterocycles. The van der Waals surface area contributed by atoms with Crippen molar-refractivity contribution in [2.24, 2.45) is 0 Å². The van der Waals surface area contributed by atoms with E-state index in [0.717, 1.165) is 12.8 Å². The van der Waals surface area contributed by atoms with Crippen LogP contribution in [0.15, 0.2) is 36.4 Å². The summed E-state index contributed by atoms with van der Waals surface area (Å²) in [6, 6.07) is 10.1. The second-order valence-electron chi connectivity index (χ2n) is 12.3. The first kappa shape index (κ1) is 38.7. The zero-order chi connectivity index (χ0) is 33.0. The van der Waals surface area contributed by atoms with Gasteiger partial charge in [-0.25, -0.2) is 0 Å². The minimum absolute atomic E-state index is 0.0995. The molecule has 0 bridgehead atoms. The molecule has 0 aliphatic heterocycles. The van der Waals surface area contributed by atoms with Gasteiger partial charge in [0.25, 0.3) is 5.91 Å². The van der Waals surface area contributed by atoms with Crippen LogP contribution in [0.3, 0.4) is 0 Å². The molecule has 8 heteroatoms. The van der Waals surface area contributed by atoms with Crippen LogP contribution in [0.25, 0.3) is 0 Å². The second kappa shape index (κ2) is 22.1. The van der Waals surface area contributed by atoms with E-state index < -0.39 is 17.1 Å². The van der Waals surface area contributed by atoms with Crippen LogP contribution in [0.2, 0.25) is 5.02 Å². The van der Waals surface area contributed by atoms with Crippen molar-refractivity contribution in [1.29, 1.82) is 0 Å². The number of alkyl halides is 1. The van der Waals surface area contributed by atoms with Gasteiger partial charge >= 0.3 is 0 Å². The van der Waals surface area contributed by atoms with E-state index in [4.69, 9.17) is 37.4 Å². The Morgan fingerprint density at radius 2 is 1.20 bits per heavy atom. The molecule has 0 saturated heterocycles. The van der Waals surface area contributed by atoms with E-state index in [2.05, 4.69) is 12.2 Å². The third kappa shape index (κ3) is 15.1. The van der Waals surface area contributed by atoms with Crippen LogP contribution in [0, 0.1) is 0 Å². The molecule has 252 valence electrons. The molecule has 1 atom stereocenters. The van der Waals surface area contributed by atoms with Gasteiger partial charge in [-0.15, -0.1) is 11.6 Å². The first-order valence-electron chi connectivity index (χ1n) is 17.0. The number of Topliss-reactive ketones (excluding diaryl/α,β-unsaturated/α-hetero) is 1. The van der Waals surface area contributed by atoms with Crippen molar-refractivity contribution in [3.63, 3.8) is 0 Å². The van der Waals surface area contributed by atoms with E-state index in [1.165, 1.54) is 77.0 Å². The third-order valence-corrected chi connectivity index (χ3v) is 8.09. The Hall–Kier alpha value is -2.44. The molecule has 2 rings (SSSR count). The highest BCUT2D eigenvalue weighted by Crippen LogP contribution is 2.38. The number of carbonyl (C=O) groups is 2. The van der Waals surface area contributed by atoms with Gasteiger partial charge in [-0.3, -0.25) is 9.59 Å². The Labute approximate surface area is 281 Å². The summed E-state index contributed by atoms with van der Waals surface area (Å²) in [7, 11) is 0. The molecule has 6 nitrogen and oxygen atoms in total. The molecule has 0 fully saturated rings. The molecule has 45 heavy (non-hydrogen) atoms. The monoisotopic (exact) mass is 663 g/mol. The van der Waals surface area contributed by atoms with Crippen LogP contribution in [0.4, 0.5) is 5.69 Å². The van der Waals surface area contributed by atoms with Crippen molar-refractivity contribution in [2.45, 2.75) is 142 Å². The summed E-state index contributed by atoms with van der Waals surface area (Å²) in [5.41, 5.74) is 0.544. The van der Waals surface area contributed by atoms with Gasteiger partial charge in [0.15, 0.2) is 22.7 Å². The standard InChI is InChI=1S/C37H55Cl2NO5/c1-6-7-8-9-10-11-12-13-14-15-16-17-18-21-24-43-32-23-20-19-22-29(32)36(41)35(39)37(42)40-31-26-34(45-28(4)5)33(25-30(31)38)44-27(2)3/h19-20,22-23,25-28,35H,6-18,21,24H2,1-5H3,(H,40,42). The molecule has 1 amide bonds. The molecule has 1 N–H and O–H groups in total. The highest BCUT2D eigenvalue weighted by molar-refractivity contribution is 6.46. The number of hydrogen-bond acceptors (Lipinski definition) is 5. The van der Waals surface area contributed by atoms with E-state index in [0.29, 0.717) is 23.9 Å². The average molecular weight is 665 g/mol. The fourth-order valence-corrected chi connectivity index (χ4v) is 5.42. The van der Waals surface area contributed by atoms with Crippen molar-refractivity contribution in [3.8, 4) is 17.2 Å². The van der Waals surface area contributed by atoms with Crippen molar-refractivity contribution in [1.82, 2.24) is 0 Å². The lowest BCUT2D eigenvalue weighted by Crippen LogP contribution is -2.31.